The van der Waals surface area contributed by atoms with Gasteiger partial charge in [-0.25, -0.2) is 0 Å². The lowest BCUT2D eigenvalue weighted by Gasteiger charge is -2.09. The molecule has 0 aliphatic rings. The predicted octanol–water partition coefficient (Wildman–Crippen LogP) is 2.82. The number of rotatable bonds is 8. The minimum atomic E-state index is -0.0314. The van der Waals surface area contributed by atoms with Crippen molar-refractivity contribution in [2.45, 2.75) is 18.6 Å². The lowest BCUT2D eigenvalue weighted by Crippen LogP contribution is -2.24. The van der Waals surface area contributed by atoms with Crippen LogP contribution in [0, 0.1) is 0 Å². The van der Waals surface area contributed by atoms with Crippen LogP contribution in [0.3, 0.4) is 0 Å². The monoisotopic (exact) mass is 372 g/mol. The topological polar surface area (TPSA) is 82.2 Å². The highest BCUT2D eigenvalue weighted by Crippen LogP contribution is 2.26. The van der Waals surface area contributed by atoms with Crippen LogP contribution in [0.15, 0.2) is 52.2 Å². The smallest absolute Gasteiger partial charge is 0.230 e. The van der Waals surface area contributed by atoms with Crippen molar-refractivity contribution in [1.82, 2.24) is 20.1 Å². The van der Waals surface area contributed by atoms with Crippen molar-refractivity contribution in [2.24, 2.45) is 0 Å². The van der Waals surface area contributed by atoms with Crippen molar-refractivity contribution in [3.05, 3.63) is 48.4 Å². The number of benzene rings is 1. The molecule has 136 valence electrons. The summed E-state index contributed by atoms with van der Waals surface area (Å²) < 4.78 is 12.6. The molecule has 0 unspecified atom stereocenters. The van der Waals surface area contributed by atoms with Gasteiger partial charge in [0.2, 0.25) is 5.91 Å². The van der Waals surface area contributed by atoms with Gasteiger partial charge in [0.15, 0.2) is 11.0 Å². The van der Waals surface area contributed by atoms with Crippen LogP contribution in [0.4, 0.5) is 0 Å². The molecule has 0 spiro atoms. The number of carbonyl (C=O) groups excluding carboxylic acids is 1. The lowest BCUT2D eigenvalue weighted by molar-refractivity contribution is -0.118. The van der Waals surface area contributed by atoms with Gasteiger partial charge in [0.05, 0.1) is 25.7 Å². The maximum Gasteiger partial charge on any atom is 0.230 e. The van der Waals surface area contributed by atoms with E-state index in [9.17, 15) is 4.79 Å². The molecule has 2 heterocycles. The fourth-order valence-corrected chi connectivity index (χ4v) is 3.20. The largest absolute Gasteiger partial charge is 0.497 e. The first-order valence-electron chi connectivity index (χ1n) is 8.20. The van der Waals surface area contributed by atoms with Crippen LogP contribution in [0.5, 0.6) is 5.75 Å². The van der Waals surface area contributed by atoms with Crippen LogP contribution >= 0.6 is 11.8 Å². The van der Waals surface area contributed by atoms with E-state index in [0.29, 0.717) is 24.1 Å². The maximum atomic E-state index is 11.8. The van der Waals surface area contributed by atoms with E-state index >= 15 is 0 Å². The molecule has 1 aromatic carbocycles. The highest BCUT2D eigenvalue weighted by molar-refractivity contribution is 7.99. The summed E-state index contributed by atoms with van der Waals surface area (Å²) in [5.41, 5.74) is 0.912. The molecule has 0 radical (unpaired) electrons. The van der Waals surface area contributed by atoms with E-state index in [4.69, 9.17) is 9.15 Å². The molecule has 8 heteroatoms. The molecule has 3 rings (SSSR count). The third-order valence-corrected chi connectivity index (χ3v) is 4.63. The molecule has 0 atom stereocenters. The number of methoxy groups -OCH3 is 1. The third-order valence-electron chi connectivity index (χ3n) is 3.67. The summed E-state index contributed by atoms with van der Waals surface area (Å²) in [5, 5.41) is 12.0. The van der Waals surface area contributed by atoms with E-state index in [0.717, 1.165) is 17.1 Å². The van der Waals surface area contributed by atoms with Gasteiger partial charge < -0.3 is 14.5 Å². The summed E-state index contributed by atoms with van der Waals surface area (Å²) in [6.07, 6.45) is 1.63. The van der Waals surface area contributed by atoms with Crippen LogP contribution < -0.4 is 10.1 Å². The van der Waals surface area contributed by atoms with Crippen molar-refractivity contribution in [1.29, 1.82) is 0 Å². The molecular formula is C18H20N4O3S. The van der Waals surface area contributed by atoms with E-state index in [1.54, 1.807) is 13.4 Å². The van der Waals surface area contributed by atoms with Crippen molar-refractivity contribution < 1.29 is 13.9 Å². The molecular weight excluding hydrogens is 352 g/mol. The molecule has 2 aromatic heterocycles. The molecule has 26 heavy (non-hydrogen) atoms. The fourth-order valence-electron chi connectivity index (χ4n) is 2.43. The Kier molecular flexibility index (Phi) is 5.96. The molecule has 0 saturated carbocycles. The van der Waals surface area contributed by atoms with Crippen molar-refractivity contribution >= 4 is 17.7 Å². The first-order chi connectivity index (χ1) is 12.7. The number of hydrogen-bond donors (Lipinski definition) is 1. The average Bonchev–Trinajstić information content (AvgIpc) is 3.31. The second-order valence-corrected chi connectivity index (χ2v) is 6.38. The average molecular weight is 372 g/mol. The number of hydrogen-bond acceptors (Lipinski definition) is 6. The van der Waals surface area contributed by atoms with E-state index in [-0.39, 0.29) is 11.7 Å². The standard InChI is InChI=1S/C18H20N4O3S/c1-3-19-16(23)12-26-18-21-20-17(13-6-8-14(24-2)9-7-13)22(18)11-15-5-4-10-25-15/h4-10H,3,11-12H2,1-2H3,(H,19,23). The number of thioether (sulfide) groups is 1. The zero-order valence-corrected chi connectivity index (χ0v) is 15.5. The Labute approximate surface area is 155 Å². The molecule has 7 nitrogen and oxygen atoms in total. The van der Waals surface area contributed by atoms with Crippen LogP contribution in [0.1, 0.15) is 12.7 Å². The number of aromatic nitrogens is 3. The normalized spacial score (nSPS) is 10.7. The summed E-state index contributed by atoms with van der Waals surface area (Å²) in [7, 11) is 1.63. The molecule has 0 saturated heterocycles. The van der Waals surface area contributed by atoms with Crippen molar-refractivity contribution in [3.63, 3.8) is 0 Å². The molecule has 3 aromatic rings. The second kappa shape index (κ2) is 8.57. The summed E-state index contributed by atoms with van der Waals surface area (Å²) in [6, 6.07) is 11.4. The number of ether oxygens (including phenoxy) is 1. The van der Waals surface area contributed by atoms with Gasteiger partial charge in [0, 0.05) is 12.1 Å². The number of carbonyl (C=O) groups is 1. The second-order valence-electron chi connectivity index (χ2n) is 5.44. The Balaban J connectivity index is 1.88. The van der Waals surface area contributed by atoms with Gasteiger partial charge in [0.1, 0.15) is 11.5 Å². The van der Waals surface area contributed by atoms with Gasteiger partial charge in [-0.05, 0) is 43.3 Å². The zero-order valence-electron chi connectivity index (χ0n) is 14.6. The van der Waals surface area contributed by atoms with Crippen LogP contribution in [0.2, 0.25) is 0 Å². The van der Waals surface area contributed by atoms with Gasteiger partial charge in [-0.1, -0.05) is 11.8 Å². The fraction of sp³-hybridized carbons (Fsp3) is 0.278. The molecule has 0 aliphatic carbocycles. The molecule has 0 aliphatic heterocycles. The molecule has 1 amide bonds. The molecule has 1 N–H and O–H groups in total. The van der Waals surface area contributed by atoms with E-state index in [1.165, 1.54) is 11.8 Å². The SMILES string of the molecule is CCNC(=O)CSc1nnc(-c2ccc(OC)cc2)n1Cc1ccco1. The Morgan fingerprint density at radius 2 is 2.08 bits per heavy atom. The third kappa shape index (κ3) is 4.26. The van der Waals surface area contributed by atoms with Gasteiger partial charge in [-0.3, -0.25) is 9.36 Å². The predicted molar refractivity (Wildman–Crippen MR) is 99.2 cm³/mol. The summed E-state index contributed by atoms with van der Waals surface area (Å²) in [4.78, 5) is 11.8. The van der Waals surface area contributed by atoms with Crippen LogP contribution in [0.25, 0.3) is 11.4 Å². The lowest BCUT2D eigenvalue weighted by atomic mass is 10.2. The van der Waals surface area contributed by atoms with E-state index in [2.05, 4.69) is 15.5 Å². The van der Waals surface area contributed by atoms with E-state index in [1.807, 2.05) is 47.9 Å². The van der Waals surface area contributed by atoms with Gasteiger partial charge in [-0.2, -0.15) is 0 Å². The Morgan fingerprint density at radius 1 is 1.27 bits per heavy atom. The highest BCUT2D eigenvalue weighted by atomic mass is 32.2. The first kappa shape index (κ1) is 18.1. The van der Waals surface area contributed by atoms with Gasteiger partial charge in [-0.15, -0.1) is 10.2 Å². The number of furan rings is 1. The van der Waals surface area contributed by atoms with Crippen molar-refractivity contribution in [3.8, 4) is 17.1 Å². The number of nitrogens with zero attached hydrogens (tertiary/aromatic N) is 3. The van der Waals surface area contributed by atoms with Crippen LogP contribution in [-0.4, -0.2) is 40.1 Å². The zero-order chi connectivity index (χ0) is 18.4. The quantitative estimate of drug-likeness (QED) is 0.612. The Morgan fingerprint density at radius 3 is 2.73 bits per heavy atom. The molecule has 0 fully saturated rings. The maximum absolute atomic E-state index is 11.8. The van der Waals surface area contributed by atoms with Crippen LogP contribution in [-0.2, 0) is 11.3 Å². The first-order valence-corrected chi connectivity index (χ1v) is 9.19. The summed E-state index contributed by atoms with van der Waals surface area (Å²) >= 11 is 1.35. The number of nitrogens with one attached hydrogen (secondary N) is 1. The number of amides is 1. The minimum absolute atomic E-state index is 0.0314. The van der Waals surface area contributed by atoms with Gasteiger partial charge >= 0.3 is 0 Å². The molecule has 0 bridgehead atoms. The van der Waals surface area contributed by atoms with Gasteiger partial charge in [0.25, 0.3) is 0 Å². The highest BCUT2D eigenvalue weighted by Gasteiger charge is 2.17. The summed E-state index contributed by atoms with van der Waals surface area (Å²) in [5.74, 6) is 2.53. The van der Waals surface area contributed by atoms with E-state index < -0.39 is 0 Å². The van der Waals surface area contributed by atoms with Crippen molar-refractivity contribution in [2.75, 3.05) is 19.4 Å². The minimum Gasteiger partial charge on any atom is -0.497 e. The summed E-state index contributed by atoms with van der Waals surface area (Å²) in [6.45, 7) is 2.98. The Bertz CT molecular complexity index is 844. The Hall–Kier alpha value is -2.74.